The van der Waals surface area contributed by atoms with Gasteiger partial charge in [-0.2, -0.15) is 0 Å². The Morgan fingerprint density at radius 3 is 2.63 bits per heavy atom. The van der Waals surface area contributed by atoms with E-state index >= 15 is 0 Å². The second kappa shape index (κ2) is 4.97. The molecule has 1 aromatic heterocycles. The lowest BCUT2D eigenvalue weighted by Crippen LogP contribution is -2.45. The Kier molecular flexibility index (Phi) is 3.31. The van der Waals surface area contributed by atoms with Crippen LogP contribution in [0.3, 0.4) is 0 Å². The molecule has 100 valence electrons. The third-order valence-corrected chi connectivity index (χ3v) is 5.34. The zero-order chi connectivity index (χ0) is 13.3. The zero-order valence-electron chi connectivity index (χ0n) is 11.2. The van der Waals surface area contributed by atoms with Gasteiger partial charge in [0, 0.05) is 16.5 Å². The summed E-state index contributed by atoms with van der Waals surface area (Å²) in [4.78, 5) is 12.9. The first-order valence-corrected chi connectivity index (χ1v) is 7.79. The second-order valence-electron chi connectivity index (χ2n) is 5.47. The van der Waals surface area contributed by atoms with E-state index in [1.54, 1.807) is 6.92 Å². The van der Waals surface area contributed by atoms with Crippen molar-refractivity contribution in [1.82, 2.24) is 5.32 Å². The van der Waals surface area contributed by atoms with Gasteiger partial charge in [-0.1, -0.05) is 37.5 Å². The highest BCUT2D eigenvalue weighted by Crippen LogP contribution is 2.42. The number of fused-ring (bicyclic) bond motifs is 1. The van der Waals surface area contributed by atoms with E-state index in [1.807, 2.05) is 11.3 Å². The maximum absolute atomic E-state index is 11.6. The summed E-state index contributed by atoms with van der Waals surface area (Å²) in [5.41, 5.74) is -0.117. The molecule has 1 saturated carbocycles. The molecule has 1 amide bonds. The predicted octanol–water partition coefficient (Wildman–Crippen LogP) is 4.20. The fraction of sp³-hybridized carbons (Fsp3) is 0.438. The molecular weight excluding hydrogens is 254 g/mol. The Bertz CT molecular complexity index is 563. The minimum atomic E-state index is -0.117. The largest absolute Gasteiger partial charge is 0.346 e. The average molecular weight is 273 g/mol. The van der Waals surface area contributed by atoms with Crippen LogP contribution in [-0.4, -0.2) is 5.91 Å². The van der Waals surface area contributed by atoms with E-state index in [4.69, 9.17) is 0 Å². The van der Waals surface area contributed by atoms with Gasteiger partial charge in [0.05, 0.1) is 5.54 Å². The average Bonchev–Trinajstić information content (AvgIpc) is 2.83. The first-order chi connectivity index (χ1) is 9.20. The number of carbonyl (C=O) groups is 1. The summed E-state index contributed by atoms with van der Waals surface area (Å²) in [6.45, 7) is 1.63. The molecule has 1 N–H and O–H groups in total. The maximum Gasteiger partial charge on any atom is 0.217 e. The number of carbonyl (C=O) groups excluding carboxylic acids is 1. The van der Waals surface area contributed by atoms with Crippen molar-refractivity contribution in [2.24, 2.45) is 0 Å². The molecule has 0 unspecified atom stereocenters. The van der Waals surface area contributed by atoms with Crippen LogP contribution in [0.5, 0.6) is 0 Å². The molecule has 1 aromatic carbocycles. The fourth-order valence-corrected chi connectivity index (χ4v) is 4.41. The summed E-state index contributed by atoms with van der Waals surface area (Å²) < 4.78 is 1.31. The number of thiophene rings is 1. The standard InChI is InChI=1S/C16H19NOS/c1-12(18)17-16(9-5-2-6-10-16)15-11-13-7-3-4-8-14(13)19-15/h3-4,7-8,11H,2,5-6,9-10H2,1H3,(H,17,18). The lowest BCUT2D eigenvalue weighted by atomic mass is 9.80. The van der Waals surface area contributed by atoms with Crippen LogP contribution < -0.4 is 5.32 Å². The molecule has 1 aliphatic rings. The molecule has 0 radical (unpaired) electrons. The molecule has 1 fully saturated rings. The van der Waals surface area contributed by atoms with Crippen molar-refractivity contribution in [3.63, 3.8) is 0 Å². The van der Waals surface area contributed by atoms with Crippen LogP contribution in [0.25, 0.3) is 10.1 Å². The Morgan fingerprint density at radius 1 is 1.21 bits per heavy atom. The van der Waals surface area contributed by atoms with Gasteiger partial charge in [-0.25, -0.2) is 0 Å². The molecule has 3 rings (SSSR count). The van der Waals surface area contributed by atoms with Crippen molar-refractivity contribution in [3.8, 4) is 0 Å². The number of hydrogen-bond donors (Lipinski definition) is 1. The van der Waals surface area contributed by atoms with Gasteiger partial charge in [0.25, 0.3) is 0 Å². The number of benzene rings is 1. The normalized spacial score (nSPS) is 18.4. The van der Waals surface area contributed by atoms with Crippen molar-refractivity contribution < 1.29 is 4.79 Å². The highest BCUT2D eigenvalue weighted by molar-refractivity contribution is 7.19. The maximum atomic E-state index is 11.6. The van der Waals surface area contributed by atoms with Crippen LogP contribution >= 0.6 is 11.3 Å². The highest BCUT2D eigenvalue weighted by atomic mass is 32.1. The topological polar surface area (TPSA) is 29.1 Å². The van der Waals surface area contributed by atoms with Crippen LogP contribution in [0.1, 0.15) is 43.9 Å². The van der Waals surface area contributed by atoms with Crippen molar-refractivity contribution >= 4 is 27.3 Å². The molecule has 1 aliphatic carbocycles. The van der Waals surface area contributed by atoms with Gasteiger partial charge in [-0.05, 0) is 30.4 Å². The van der Waals surface area contributed by atoms with Crippen LogP contribution in [-0.2, 0) is 10.3 Å². The summed E-state index contributed by atoms with van der Waals surface area (Å²) in [5, 5.41) is 4.53. The molecule has 2 nitrogen and oxygen atoms in total. The van der Waals surface area contributed by atoms with Gasteiger partial charge in [0.15, 0.2) is 0 Å². The summed E-state index contributed by atoms with van der Waals surface area (Å²) in [6.07, 6.45) is 5.83. The second-order valence-corrected chi connectivity index (χ2v) is 6.56. The predicted molar refractivity (Wildman–Crippen MR) is 80.4 cm³/mol. The molecule has 0 atom stereocenters. The van der Waals surface area contributed by atoms with Gasteiger partial charge < -0.3 is 5.32 Å². The molecule has 0 bridgehead atoms. The van der Waals surface area contributed by atoms with Gasteiger partial charge in [0.2, 0.25) is 5.91 Å². The molecule has 2 aromatic rings. The van der Waals surface area contributed by atoms with E-state index in [0.29, 0.717) is 0 Å². The third-order valence-electron chi connectivity index (χ3n) is 4.02. The van der Waals surface area contributed by atoms with E-state index < -0.39 is 0 Å². The van der Waals surface area contributed by atoms with E-state index in [1.165, 1.54) is 34.2 Å². The SMILES string of the molecule is CC(=O)NC1(c2cc3ccccc3s2)CCCCC1. The van der Waals surface area contributed by atoms with Crippen LogP contribution in [0.4, 0.5) is 0 Å². The molecule has 0 spiro atoms. The van der Waals surface area contributed by atoms with Gasteiger partial charge in [-0.3, -0.25) is 4.79 Å². The molecule has 19 heavy (non-hydrogen) atoms. The van der Waals surface area contributed by atoms with Crippen molar-refractivity contribution in [1.29, 1.82) is 0 Å². The summed E-state index contributed by atoms with van der Waals surface area (Å²) >= 11 is 1.83. The quantitative estimate of drug-likeness (QED) is 0.873. The minimum absolute atomic E-state index is 0.0827. The fourth-order valence-electron chi connectivity index (χ4n) is 3.14. The van der Waals surface area contributed by atoms with E-state index in [2.05, 4.69) is 35.6 Å². The number of hydrogen-bond acceptors (Lipinski definition) is 2. The van der Waals surface area contributed by atoms with Crippen molar-refractivity contribution in [2.45, 2.75) is 44.6 Å². The summed E-state index contributed by atoms with van der Waals surface area (Å²) in [5.74, 6) is 0.0827. The monoisotopic (exact) mass is 273 g/mol. The molecule has 0 aliphatic heterocycles. The molecule has 1 heterocycles. The Labute approximate surface area is 117 Å². The summed E-state index contributed by atoms with van der Waals surface area (Å²) in [6, 6.07) is 10.7. The van der Waals surface area contributed by atoms with E-state index in [9.17, 15) is 4.79 Å². The zero-order valence-corrected chi connectivity index (χ0v) is 12.1. The molecule has 3 heteroatoms. The lowest BCUT2D eigenvalue weighted by molar-refractivity contribution is -0.121. The Hall–Kier alpha value is -1.35. The minimum Gasteiger partial charge on any atom is -0.346 e. The number of amides is 1. The lowest BCUT2D eigenvalue weighted by Gasteiger charge is -2.37. The molecular formula is C16H19NOS. The Morgan fingerprint density at radius 2 is 1.95 bits per heavy atom. The first kappa shape index (κ1) is 12.7. The van der Waals surface area contributed by atoms with Gasteiger partial charge in [-0.15, -0.1) is 11.3 Å². The number of nitrogens with one attached hydrogen (secondary N) is 1. The van der Waals surface area contributed by atoms with Crippen molar-refractivity contribution in [3.05, 3.63) is 35.2 Å². The molecule has 0 saturated heterocycles. The van der Waals surface area contributed by atoms with Crippen LogP contribution in [0, 0.1) is 0 Å². The van der Waals surface area contributed by atoms with Gasteiger partial charge >= 0.3 is 0 Å². The smallest absolute Gasteiger partial charge is 0.217 e. The summed E-state index contributed by atoms with van der Waals surface area (Å²) in [7, 11) is 0. The van der Waals surface area contributed by atoms with Gasteiger partial charge in [0.1, 0.15) is 0 Å². The van der Waals surface area contributed by atoms with E-state index in [-0.39, 0.29) is 11.4 Å². The Balaban J connectivity index is 2.04. The first-order valence-electron chi connectivity index (χ1n) is 6.97. The number of rotatable bonds is 2. The van der Waals surface area contributed by atoms with Crippen LogP contribution in [0.15, 0.2) is 30.3 Å². The van der Waals surface area contributed by atoms with Crippen molar-refractivity contribution in [2.75, 3.05) is 0 Å². The van der Waals surface area contributed by atoms with E-state index in [0.717, 1.165) is 12.8 Å². The third kappa shape index (κ3) is 2.39. The van der Waals surface area contributed by atoms with Crippen LogP contribution in [0.2, 0.25) is 0 Å². The highest BCUT2D eigenvalue weighted by Gasteiger charge is 2.36.